The SMILES string of the molecule is Cc1sc2nc([C@@H](C)Sc3nnnn3-c3ccccc3)[nH]c(=O)c2c1C. The summed E-state index contributed by atoms with van der Waals surface area (Å²) < 4.78 is 1.68. The summed E-state index contributed by atoms with van der Waals surface area (Å²) in [6.45, 7) is 5.94. The van der Waals surface area contributed by atoms with E-state index in [1.165, 1.54) is 11.8 Å². The Kier molecular flexibility index (Phi) is 4.33. The van der Waals surface area contributed by atoms with Crippen LogP contribution >= 0.6 is 23.1 Å². The summed E-state index contributed by atoms with van der Waals surface area (Å²) in [7, 11) is 0. The normalized spacial score (nSPS) is 12.6. The Labute approximate surface area is 157 Å². The molecule has 0 aliphatic carbocycles. The van der Waals surface area contributed by atoms with Crippen LogP contribution < -0.4 is 5.56 Å². The molecule has 3 heterocycles. The van der Waals surface area contributed by atoms with Crippen LogP contribution in [0.1, 0.15) is 28.4 Å². The van der Waals surface area contributed by atoms with Gasteiger partial charge < -0.3 is 4.98 Å². The largest absolute Gasteiger partial charge is 0.309 e. The highest BCUT2D eigenvalue weighted by atomic mass is 32.2. The van der Waals surface area contributed by atoms with E-state index in [4.69, 9.17) is 0 Å². The molecule has 1 atom stereocenters. The Hall–Kier alpha value is -2.52. The van der Waals surface area contributed by atoms with Crippen LogP contribution in [-0.4, -0.2) is 30.2 Å². The average Bonchev–Trinajstić information content (AvgIpc) is 3.20. The lowest BCUT2D eigenvalue weighted by molar-refractivity contribution is 0.754. The molecule has 0 spiro atoms. The zero-order valence-electron chi connectivity index (χ0n) is 14.4. The number of H-pyrrole nitrogens is 1. The molecule has 26 heavy (non-hydrogen) atoms. The number of para-hydroxylation sites is 1. The third-order valence-corrected chi connectivity index (χ3v) is 6.31. The van der Waals surface area contributed by atoms with Crippen LogP contribution in [0.25, 0.3) is 15.9 Å². The Morgan fingerprint density at radius 3 is 2.77 bits per heavy atom. The molecule has 0 saturated heterocycles. The molecule has 7 nitrogen and oxygen atoms in total. The smallest absolute Gasteiger partial charge is 0.259 e. The molecule has 4 rings (SSSR count). The second-order valence-electron chi connectivity index (χ2n) is 5.88. The van der Waals surface area contributed by atoms with Gasteiger partial charge in [0.2, 0.25) is 5.16 Å². The van der Waals surface area contributed by atoms with Gasteiger partial charge in [0.05, 0.1) is 16.3 Å². The average molecular weight is 384 g/mol. The quantitative estimate of drug-likeness (QED) is 0.542. The number of fused-ring (bicyclic) bond motifs is 1. The van der Waals surface area contributed by atoms with Gasteiger partial charge in [-0.1, -0.05) is 30.0 Å². The van der Waals surface area contributed by atoms with E-state index >= 15 is 0 Å². The molecule has 0 amide bonds. The highest BCUT2D eigenvalue weighted by Crippen LogP contribution is 2.33. The number of tetrazole rings is 1. The molecule has 1 N–H and O–H groups in total. The van der Waals surface area contributed by atoms with Crippen LogP contribution in [0.4, 0.5) is 0 Å². The van der Waals surface area contributed by atoms with Gasteiger partial charge in [-0.2, -0.15) is 4.68 Å². The third kappa shape index (κ3) is 2.93. The number of nitrogens with one attached hydrogen (secondary N) is 1. The molecule has 3 aromatic heterocycles. The van der Waals surface area contributed by atoms with Gasteiger partial charge in [0.25, 0.3) is 5.56 Å². The lowest BCUT2D eigenvalue weighted by Gasteiger charge is -2.10. The van der Waals surface area contributed by atoms with E-state index in [9.17, 15) is 4.79 Å². The zero-order valence-corrected chi connectivity index (χ0v) is 16.1. The molecular weight excluding hydrogens is 368 g/mol. The summed E-state index contributed by atoms with van der Waals surface area (Å²) in [6.07, 6.45) is 0. The summed E-state index contributed by atoms with van der Waals surface area (Å²) in [5.41, 5.74) is 1.79. The molecule has 1 aromatic carbocycles. The molecule has 0 aliphatic heterocycles. The van der Waals surface area contributed by atoms with Crippen LogP contribution in [0, 0.1) is 13.8 Å². The van der Waals surface area contributed by atoms with Crippen molar-refractivity contribution in [3.63, 3.8) is 0 Å². The number of aromatic nitrogens is 6. The first-order valence-electron chi connectivity index (χ1n) is 8.05. The Morgan fingerprint density at radius 1 is 1.23 bits per heavy atom. The standard InChI is InChI=1S/C17H16N6OS2/c1-9-10(2)25-16-13(9)15(24)18-14(19-16)11(3)26-17-20-21-22-23(17)12-7-5-4-6-8-12/h4-8,11H,1-3H3,(H,18,19,24)/t11-/m1/s1. The molecule has 0 fully saturated rings. The number of aryl methyl sites for hydroxylation is 2. The molecule has 9 heteroatoms. The van der Waals surface area contributed by atoms with Gasteiger partial charge in [-0.15, -0.1) is 16.4 Å². The number of aromatic amines is 1. The van der Waals surface area contributed by atoms with E-state index in [2.05, 4.69) is 25.5 Å². The maximum Gasteiger partial charge on any atom is 0.259 e. The zero-order chi connectivity index (χ0) is 18.3. The lowest BCUT2D eigenvalue weighted by atomic mass is 10.2. The maximum atomic E-state index is 12.5. The molecule has 132 valence electrons. The minimum atomic E-state index is -0.108. The highest BCUT2D eigenvalue weighted by molar-refractivity contribution is 7.99. The van der Waals surface area contributed by atoms with Gasteiger partial charge in [0, 0.05) is 4.88 Å². The van der Waals surface area contributed by atoms with Crippen molar-refractivity contribution in [3.05, 3.63) is 57.0 Å². The number of hydrogen-bond donors (Lipinski definition) is 1. The Bertz CT molecular complexity index is 1130. The van der Waals surface area contributed by atoms with Crippen molar-refractivity contribution in [2.24, 2.45) is 0 Å². The number of thiophene rings is 1. The van der Waals surface area contributed by atoms with Crippen molar-refractivity contribution >= 4 is 33.3 Å². The number of benzene rings is 1. The second-order valence-corrected chi connectivity index (χ2v) is 8.39. The predicted molar refractivity (Wildman–Crippen MR) is 103 cm³/mol. The summed E-state index contributed by atoms with van der Waals surface area (Å²) in [6, 6.07) is 9.69. The van der Waals surface area contributed by atoms with Crippen LogP contribution in [0.15, 0.2) is 40.3 Å². The monoisotopic (exact) mass is 384 g/mol. The van der Waals surface area contributed by atoms with Crippen molar-refractivity contribution in [2.45, 2.75) is 31.2 Å². The van der Waals surface area contributed by atoms with Gasteiger partial charge in [-0.3, -0.25) is 4.79 Å². The Morgan fingerprint density at radius 2 is 2.00 bits per heavy atom. The summed E-state index contributed by atoms with van der Waals surface area (Å²) in [5.74, 6) is 0.622. The fourth-order valence-electron chi connectivity index (χ4n) is 2.66. The molecule has 0 unspecified atom stereocenters. The van der Waals surface area contributed by atoms with E-state index in [0.717, 1.165) is 21.0 Å². The van der Waals surface area contributed by atoms with Crippen LogP contribution in [-0.2, 0) is 0 Å². The van der Waals surface area contributed by atoms with Gasteiger partial charge in [-0.05, 0) is 48.9 Å². The van der Waals surface area contributed by atoms with Crippen LogP contribution in [0.5, 0.6) is 0 Å². The molecule has 0 aliphatic rings. The van der Waals surface area contributed by atoms with Crippen LogP contribution in [0.2, 0.25) is 0 Å². The van der Waals surface area contributed by atoms with E-state index < -0.39 is 0 Å². The van der Waals surface area contributed by atoms with Gasteiger partial charge in [0.1, 0.15) is 10.7 Å². The number of thioether (sulfide) groups is 1. The van der Waals surface area contributed by atoms with Crippen LogP contribution in [0.3, 0.4) is 0 Å². The first kappa shape index (κ1) is 16.9. The van der Waals surface area contributed by atoms with Gasteiger partial charge in [0.15, 0.2) is 0 Å². The second kappa shape index (κ2) is 6.65. The predicted octanol–water partition coefficient (Wildman–Crippen LogP) is 3.43. The minimum absolute atomic E-state index is 0.0954. The fraction of sp³-hybridized carbons (Fsp3) is 0.235. The van der Waals surface area contributed by atoms with Gasteiger partial charge in [-0.25, -0.2) is 4.98 Å². The lowest BCUT2D eigenvalue weighted by Crippen LogP contribution is -2.12. The maximum absolute atomic E-state index is 12.5. The summed E-state index contributed by atoms with van der Waals surface area (Å²) in [5, 5.41) is 13.2. The van der Waals surface area contributed by atoms with Gasteiger partial charge >= 0.3 is 0 Å². The summed E-state index contributed by atoms with van der Waals surface area (Å²) >= 11 is 3.00. The van der Waals surface area contributed by atoms with Crippen molar-refractivity contribution in [1.29, 1.82) is 0 Å². The van der Waals surface area contributed by atoms with Crippen molar-refractivity contribution < 1.29 is 0 Å². The number of rotatable bonds is 4. The van der Waals surface area contributed by atoms with Crippen molar-refractivity contribution in [2.75, 3.05) is 0 Å². The third-order valence-electron chi connectivity index (χ3n) is 4.17. The molecule has 0 saturated carbocycles. The van der Waals surface area contributed by atoms with E-state index in [0.29, 0.717) is 16.4 Å². The van der Waals surface area contributed by atoms with E-state index in [1.54, 1.807) is 16.0 Å². The van der Waals surface area contributed by atoms with E-state index in [-0.39, 0.29) is 10.8 Å². The summed E-state index contributed by atoms with van der Waals surface area (Å²) in [4.78, 5) is 22.0. The van der Waals surface area contributed by atoms with Crippen molar-refractivity contribution in [1.82, 2.24) is 30.2 Å². The minimum Gasteiger partial charge on any atom is -0.309 e. The number of nitrogens with zero attached hydrogens (tertiary/aromatic N) is 5. The molecular formula is C17H16N6OS2. The highest BCUT2D eigenvalue weighted by Gasteiger charge is 2.19. The molecule has 0 radical (unpaired) electrons. The first-order valence-corrected chi connectivity index (χ1v) is 9.74. The van der Waals surface area contributed by atoms with Crippen molar-refractivity contribution in [3.8, 4) is 5.69 Å². The number of hydrogen-bond acceptors (Lipinski definition) is 7. The molecule has 4 aromatic rings. The van der Waals surface area contributed by atoms with E-state index in [1.807, 2.05) is 51.1 Å². The first-order chi connectivity index (χ1) is 12.5. The topological polar surface area (TPSA) is 89.3 Å². The molecule has 0 bridgehead atoms. The fourth-order valence-corrected chi connectivity index (χ4v) is 4.56. The Balaban J connectivity index is 1.68.